The molecule has 0 saturated carbocycles. The molecule has 4 nitrogen and oxygen atoms in total. The largest absolute Gasteiger partial charge is 0.385 e. The van der Waals surface area contributed by atoms with Crippen LogP contribution >= 0.6 is 0 Å². The van der Waals surface area contributed by atoms with E-state index in [1.54, 1.807) is 7.11 Å². The third-order valence-corrected chi connectivity index (χ3v) is 4.34. The minimum atomic E-state index is 0.0776. The first-order valence-electron chi connectivity index (χ1n) is 7.09. The topological polar surface area (TPSA) is 34.6 Å². The Hall–Kier alpha value is -1.13. The van der Waals surface area contributed by atoms with Crippen molar-refractivity contribution in [2.45, 2.75) is 24.9 Å². The summed E-state index contributed by atoms with van der Waals surface area (Å²) in [6, 6.07) is 4.13. The van der Waals surface area contributed by atoms with Crippen LogP contribution in [0.4, 0.5) is 5.69 Å². The molecule has 4 heteroatoms. The van der Waals surface area contributed by atoms with Crippen molar-refractivity contribution in [1.82, 2.24) is 4.98 Å². The second-order valence-electron chi connectivity index (χ2n) is 5.73. The summed E-state index contributed by atoms with van der Waals surface area (Å²) in [5, 5.41) is 0. The molecule has 1 aromatic heterocycles. The highest BCUT2D eigenvalue weighted by molar-refractivity contribution is 5.45. The molecule has 3 rings (SSSR count). The van der Waals surface area contributed by atoms with Crippen LogP contribution in [0, 0.1) is 5.92 Å². The fourth-order valence-corrected chi connectivity index (χ4v) is 3.30. The molecule has 0 aliphatic carbocycles. The van der Waals surface area contributed by atoms with Gasteiger partial charge in [-0.15, -0.1) is 0 Å². The summed E-state index contributed by atoms with van der Waals surface area (Å²) >= 11 is 0. The molecule has 1 aromatic rings. The number of hydrogen-bond acceptors (Lipinski definition) is 4. The molecule has 2 fully saturated rings. The van der Waals surface area contributed by atoms with E-state index in [0.717, 1.165) is 39.1 Å². The third kappa shape index (κ3) is 2.74. The molecule has 2 aliphatic rings. The van der Waals surface area contributed by atoms with Gasteiger partial charge in [-0.1, -0.05) is 0 Å². The third-order valence-electron chi connectivity index (χ3n) is 4.34. The summed E-state index contributed by atoms with van der Waals surface area (Å²) in [5.41, 5.74) is 1.29. The number of ether oxygens (including phenoxy) is 2. The predicted octanol–water partition coefficient (Wildman–Crippen LogP) is 2.10. The van der Waals surface area contributed by atoms with Crippen molar-refractivity contribution in [2.24, 2.45) is 5.92 Å². The maximum atomic E-state index is 6.15. The number of aromatic nitrogens is 1. The average molecular weight is 262 g/mol. The number of nitrogens with zero attached hydrogens (tertiary/aromatic N) is 2. The van der Waals surface area contributed by atoms with Gasteiger partial charge >= 0.3 is 0 Å². The lowest BCUT2D eigenvalue weighted by Gasteiger charge is -2.24. The molecule has 2 aliphatic heterocycles. The molecule has 3 heterocycles. The Bertz CT molecular complexity index is 412. The van der Waals surface area contributed by atoms with Crippen LogP contribution in [0.5, 0.6) is 0 Å². The quantitative estimate of drug-likeness (QED) is 0.832. The van der Waals surface area contributed by atoms with E-state index in [9.17, 15) is 0 Å². The molecule has 19 heavy (non-hydrogen) atoms. The van der Waals surface area contributed by atoms with Gasteiger partial charge in [-0.25, -0.2) is 0 Å². The fourth-order valence-electron chi connectivity index (χ4n) is 3.30. The minimum absolute atomic E-state index is 0.0776. The SMILES string of the molecule is COCC[C@@H]1CO[C@@]2(CCN(c3cccnc3)C2)C1. The van der Waals surface area contributed by atoms with Crippen LogP contribution in [0.3, 0.4) is 0 Å². The van der Waals surface area contributed by atoms with Gasteiger partial charge in [-0.3, -0.25) is 4.98 Å². The lowest BCUT2D eigenvalue weighted by Crippen LogP contribution is -2.32. The van der Waals surface area contributed by atoms with Gasteiger partial charge in [0.05, 0.1) is 24.1 Å². The van der Waals surface area contributed by atoms with Gasteiger partial charge in [0, 0.05) is 33.0 Å². The first kappa shape index (κ1) is 12.9. The molecule has 0 N–H and O–H groups in total. The van der Waals surface area contributed by atoms with Crippen molar-refractivity contribution in [3.63, 3.8) is 0 Å². The standard InChI is InChI=1S/C15H22N2O2/c1-18-8-4-13-9-15(19-11-13)5-7-17(12-15)14-3-2-6-16-10-14/h2-3,6,10,13H,4-5,7-9,11-12H2,1H3/t13-,15-/m0/s1. The van der Waals surface area contributed by atoms with Gasteiger partial charge in [0.15, 0.2) is 0 Å². The van der Waals surface area contributed by atoms with Gasteiger partial charge in [0.1, 0.15) is 0 Å². The highest BCUT2D eigenvalue weighted by Gasteiger charge is 2.45. The van der Waals surface area contributed by atoms with Gasteiger partial charge in [-0.05, 0) is 37.3 Å². The highest BCUT2D eigenvalue weighted by atomic mass is 16.5. The summed E-state index contributed by atoms with van der Waals surface area (Å²) in [4.78, 5) is 6.60. The Morgan fingerprint density at radius 3 is 3.32 bits per heavy atom. The fraction of sp³-hybridized carbons (Fsp3) is 0.667. The molecular weight excluding hydrogens is 240 g/mol. The summed E-state index contributed by atoms with van der Waals surface area (Å²) in [6.45, 7) is 3.81. The Morgan fingerprint density at radius 1 is 1.58 bits per heavy atom. The van der Waals surface area contributed by atoms with E-state index in [0.29, 0.717) is 5.92 Å². The van der Waals surface area contributed by atoms with Crippen molar-refractivity contribution < 1.29 is 9.47 Å². The van der Waals surface area contributed by atoms with Crippen LogP contribution in [-0.4, -0.2) is 44.0 Å². The van der Waals surface area contributed by atoms with Crippen LogP contribution in [0.2, 0.25) is 0 Å². The van der Waals surface area contributed by atoms with Gasteiger partial charge in [0.2, 0.25) is 0 Å². The van der Waals surface area contributed by atoms with Crippen molar-refractivity contribution in [1.29, 1.82) is 0 Å². The molecule has 0 bridgehead atoms. The van der Waals surface area contributed by atoms with Crippen molar-refractivity contribution in [3.05, 3.63) is 24.5 Å². The van der Waals surface area contributed by atoms with Gasteiger partial charge < -0.3 is 14.4 Å². The summed E-state index contributed by atoms with van der Waals surface area (Å²) in [5.74, 6) is 0.661. The number of hydrogen-bond donors (Lipinski definition) is 0. The zero-order valence-electron chi connectivity index (χ0n) is 11.5. The highest BCUT2D eigenvalue weighted by Crippen LogP contribution is 2.40. The van der Waals surface area contributed by atoms with Crippen molar-refractivity contribution in [3.8, 4) is 0 Å². The second kappa shape index (κ2) is 5.47. The molecule has 1 spiro atoms. The second-order valence-corrected chi connectivity index (χ2v) is 5.73. The van der Waals surface area contributed by atoms with E-state index >= 15 is 0 Å². The molecule has 2 atom stereocenters. The smallest absolute Gasteiger partial charge is 0.0876 e. The van der Waals surface area contributed by atoms with Crippen LogP contribution in [0.1, 0.15) is 19.3 Å². The summed E-state index contributed by atoms with van der Waals surface area (Å²) in [6.07, 6.45) is 7.18. The van der Waals surface area contributed by atoms with E-state index < -0.39 is 0 Å². The van der Waals surface area contributed by atoms with E-state index in [1.807, 2.05) is 18.5 Å². The first-order chi connectivity index (χ1) is 9.31. The van der Waals surface area contributed by atoms with Crippen molar-refractivity contribution >= 4 is 5.69 Å². The molecule has 0 radical (unpaired) electrons. The van der Waals surface area contributed by atoms with Crippen LogP contribution < -0.4 is 4.90 Å². The Labute approximate surface area is 114 Å². The number of rotatable bonds is 4. The lowest BCUT2D eigenvalue weighted by atomic mass is 9.92. The van der Waals surface area contributed by atoms with Gasteiger partial charge in [0.25, 0.3) is 0 Å². The van der Waals surface area contributed by atoms with E-state index in [-0.39, 0.29) is 5.60 Å². The van der Waals surface area contributed by atoms with E-state index in [4.69, 9.17) is 9.47 Å². The minimum Gasteiger partial charge on any atom is -0.385 e. The Balaban J connectivity index is 1.60. The zero-order valence-corrected chi connectivity index (χ0v) is 11.5. The Morgan fingerprint density at radius 2 is 2.53 bits per heavy atom. The van der Waals surface area contributed by atoms with Crippen molar-refractivity contribution in [2.75, 3.05) is 38.3 Å². The first-order valence-corrected chi connectivity index (χ1v) is 7.09. The number of methoxy groups -OCH3 is 1. The predicted molar refractivity (Wildman–Crippen MR) is 74.4 cm³/mol. The van der Waals surface area contributed by atoms with Crippen LogP contribution in [0.15, 0.2) is 24.5 Å². The zero-order chi connectivity index (χ0) is 13.1. The van der Waals surface area contributed by atoms with E-state index in [1.165, 1.54) is 12.1 Å². The Kier molecular flexibility index (Phi) is 3.71. The number of pyridine rings is 1. The molecule has 104 valence electrons. The lowest BCUT2D eigenvalue weighted by molar-refractivity contribution is 0.0213. The summed E-state index contributed by atoms with van der Waals surface area (Å²) < 4.78 is 11.3. The van der Waals surface area contributed by atoms with Gasteiger partial charge in [-0.2, -0.15) is 0 Å². The number of anilines is 1. The normalized spacial score (nSPS) is 30.4. The maximum absolute atomic E-state index is 6.15. The molecule has 0 unspecified atom stereocenters. The van der Waals surface area contributed by atoms with Crippen LogP contribution in [0.25, 0.3) is 0 Å². The monoisotopic (exact) mass is 262 g/mol. The van der Waals surface area contributed by atoms with Crippen LogP contribution in [-0.2, 0) is 9.47 Å². The average Bonchev–Trinajstić information content (AvgIpc) is 3.05. The molecule has 0 aromatic carbocycles. The maximum Gasteiger partial charge on any atom is 0.0876 e. The molecule has 0 amide bonds. The molecule has 2 saturated heterocycles. The molecular formula is C15H22N2O2. The van der Waals surface area contributed by atoms with E-state index in [2.05, 4.69) is 16.0 Å². The summed E-state index contributed by atoms with van der Waals surface area (Å²) in [7, 11) is 1.77.